The summed E-state index contributed by atoms with van der Waals surface area (Å²) in [5, 5.41) is 8.49. The van der Waals surface area contributed by atoms with E-state index < -0.39 is 0 Å². The maximum atomic E-state index is 13.1. The van der Waals surface area contributed by atoms with E-state index in [1.165, 1.54) is 0 Å². The molecule has 0 atom stereocenters. The van der Waals surface area contributed by atoms with Gasteiger partial charge in [0.15, 0.2) is 5.69 Å². The van der Waals surface area contributed by atoms with E-state index in [0.717, 1.165) is 47.9 Å². The van der Waals surface area contributed by atoms with Gasteiger partial charge in [-0.25, -0.2) is 4.68 Å². The number of piperazine rings is 1. The average molecular weight is 428 g/mol. The van der Waals surface area contributed by atoms with E-state index >= 15 is 0 Å². The number of hydrogen-bond donors (Lipinski definition) is 0. The molecule has 162 valence electrons. The second-order valence-electron chi connectivity index (χ2n) is 8.00. The highest BCUT2D eigenvalue weighted by Gasteiger charge is 2.26. The molecule has 0 N–H and O–H groups in total. The van der Waals surface area contributed by atoms with Crippen molar-refractivity contribution in [2.45, 2.75) is 13.5 Å². The highest BCUT2D eigenvalue weighted by atomic mass is 16.3. The number of carbonyl (C=O) groups is 1. The predicted molar refractivity (Wildman–Crippen MR) is 121 cm³/mol. The van der Waals surface area contributed by atoms with Gasteiger partial charge in [0.25, 0.3) is 5.91 Å². The number of benzene rings is 2. The van der Waals surface area contributed by atoms with Gasteiger partial charge in [0, 0.05) is 26.2 Å². The van der Waals surface area contributed by atoms with Gasteiger partial charge in [-0.1, -0.05) is 47.7 Å². The van der Waals surface area contributed by atoms with Crippen LogP contribution in [-0.2, 0) is 6.54 Å². The van der Waals surface area contributed by atoms with Crippen LogP contribution in [0, 0.1) is 6.92 Å². The zero-order valence-corrected chi connectivity index (χ0v) is 18.0. The van der Waals surface area contributed by atoms with E-state index in [-0.39, 0.29) is 5.91 Å². The van der Waals surface area contributed by atoms with E-state index in [1.54, 1.807) is 10.9 Å². The lowest BCUT2D eigenvalue weighted by Crippen LogP contribution is -2.48. The van der Waals surface area contributed by atoms with Gasteiger partial charge in [-0.05, 0) is 42.3 Å². The molecule has 0 spiro atoms. The Balaban J connectivity index is 1.26. The van der Waals surface area contributed by atoms with Crippen LogP contribution >= 0.6 is 0 Å². The minimum absolute atomic E-state index is 0.0627. The minimum Gasteiger partial charge on any atom is -0.468 e. The smallest absolute Gasteiger partial charge is 0.276 e. The first-order valence-corrected chi connectivity index (χ1v) is 10.8. The molecule has 0 aliphatic carbocycles. The third kappa shape index (κ3) is 4.07. The number of rotatable bonds is 5. The molecule has 32 heavy (non-hydrogen) atoms. The van der Waals surface area contributed by atoms with Crippen LogP contribution in [-0.4, -0.2) is 56.9 Å². The van der Waals surface area contributed by atoms with Crippen LogP contribution in [0.5, 0.6) is 0 Å². The van der Waals surface area contributed by atoms with Gasteiger partial charge in [0.1, 0.15) is 5.76 Å². The van der Waals surface area contributed by atoms with Crippen LogP contribution in [0.1, 0.15) is 21.9 Å². The van der Waals surface area contributed by atoms with Gasteiger partial charge in [-0.2, -0.15) is 0 Å². The Morgan fingerprint density at radius 1 is 0.906 bits per heavy atom. The van der Waals surface area contributed by atoms with E-state index in [2.05, 4.69) is 39.5 Å². The highest BCUT2D eigenvalue weighted by molar-refractivity contribution is 5.93. The van der Waals surface area contributed by atoms with E-state index in [4.69, 9.17) is 4.42 Å². The Kier molecular flexibility index (Phi) is 5.56. The predicted octanol–water partition coefficient (Wildman–Crippen LogP) is 3.79. The molecule has 1 amide bonds. The molecule has 2 aromatic carbocycles. The standard InChI is InChI=1S/C25H25N5O2/c1-19-24(25(31)29-15-13-28(14-16-29)18-23-8-5-17-32-23)26-27-30(19)22-11-9-21(10-12-22)20-6-3-2-4-7-20/h2-12,17H,13-16,18H2,1H3. The lowest BCUT2D eigenvalue weighted by Gasteiger charge is -2.33. The lowest BCUT2D eigenvalue weighted by atomic mass is 10.1. The van der Waals surface area contributed by atoms with Crippen LogP contribution < -0.4 is 0 Å². The minimum atomic E-state index is -0.0627. The molecule has 7 heteroatoms. The topological polar surface area (TPSA) is 67.4 Å². The SMILES string of the molecule is Cc1c(C(=O)N2CCN(Cc3ccco3)CC2)nnn1-c1ccc(-c2ccccc2)cc1. The molecule has 1 saturated heterocycles. The van der Waals surface area contributed by atoms with Crippen LogP contribution in [0.2, 0.25) is 0 Å². The summed E-state index contributed by atoms with van der Waals surface area (Å²) in [7, 11) is 0. The fraction of sp³-hybridized carbons (Fsp3) is 0.240. The van der Waals surface area contributed by atoms with Crippen molar-refractivity contribution in [2.24, 2.45) is 0 Å². The van der Waals surface area contributed by atoms with Crippen LogP contribution in [0.25, 0.3) is 16.8 Å². The first-order valence-electron chi connectivity index (χ1n) is 10.8. The molecular weight excluding hydrogens is 402 g/mol. The Morgan fingerprint density at radius 3 is 2.31 bits per heavy atom. The quantitative estimate of drug-likeness (QED) is 0.485. The number of carbonyl (C=O) groups excluding carboxylic acids is 1. The van der Waals surface area contributed by atoms with Gasteiger partial charge < -0.3 is 9.32 Å². The molecule has 1 fully saturated rings. The zero-order chi connectivity index (χ0) is 21.9. The Hall–Kier alpha value is -3.71. The van der Waals surface area contributed by atoms with Gasteiger partial charge in [0.2, 0.25) is 0 Å². The van der Waals surface area contributed by atoms with Crippen LogP contribution in [0.4, 0.5) is 0 Å². The molecule has 3 heterocycles. The first kappa shape index (κ1) is 20.2. The fourth-order valence-corrected chi connectivity index (χ4v) is 4.08. The van der Waals surface area contributed by atoms with E-state index in [9.17, 15) is 4.79 Å². The van der Waals surface area contributed by atoms with Crippen molar-refractivity contribution < 1.29 is 9.21 Å². The summed E-state index contributed by atoms with van der Waals surface area (Å²) in [5.74, 6) is 0.883. The van der Waals surface area contributed by atoms with Crippen molar-refractivity contribution in [3.63, 3.8) is 0 Å². The fourth-order valence-electron chi connectivity index (χ4n) is 4.08. The van der Waals surface area contributed by atoms with E-state index in [1.807, 2.05) is 54.3 Å². The largest absolute Gasteiger partial charge is 0.468 e. The zero-order valence-electron chi connectivity index (χ0n) is 18.0. The molecule has 4 aromatic rings. The Bertz CT molecular complexity index is 1180. The van der Waals surface area contributed by atoms with Crippen LogP contribution in [0.15, 0.2) is 77.4 Å². The van der Waals surface area contributed by atoms with Crippen molar-refractivity contribution in [3.8, 4) is 16.8 Å². The maximum Gasteiger partial charge on any atom is 0.276 e. The van der Waals surface area contributed by atoms with E-state index in [0.29, 0.717) is 18.8 Å². The molecular formula is C25H25N5O2. The second kappa shape index (κ2) is 8.80. The summed E-state index contributed by atoms with van der Waals surface area (Å²) in [6.45, 7) is 5.60. The van der Waals surface area contributed by atoms with Crippen molar-refractivity contribution in [1.82, 2.24) is 24.8 Å². The van der Waals surface area contributed by atoms with Crippen molar-refractivity contribution in [3.05, 3.63) is 90.1 Å². The first-order chi connectivity index (χ1) is 15.7. The number of furan rings is 1. The monoisotopic (exact) mass is 427 g/mol. The molecule has 0 unspecified atom stereocenters. The molecule has 7 nitrogen and oxygen atoms in total. The van der Waals surface area contributed by atoms with Gasteiger partial charge in [0.05, 0.1) is 24.2 Å². The highest BCUT2D eigenvalue weighted by Crippen LogP contribution is 2.22. The molecule has 5 rings (SSSR count). The number of hydrogen-bond acceptors (Lipinski definition) is 5. The normalized spacial score (nSPS) is 14.6. The Labute approximate surface area is 186 Å². The van der Waals surface area contributed by atoms with Crippen molar-refractivity contribution in [2.75, 3.05) is 26.2 Å². The van der Waals surface area contributed by atoms with Gasteiger partial charge >= 0.3 is 0 Å². The number of amides is 1. The summed E-state index contributed by atoms with van der Waals surface area (Å²) in [6.07, 6.45) is 1.69. The summed E-state index contributed by atoms with van der Waals surface area (Å²) < 4.78 is 7.16. The van der Waals surface area contributed by atoms with Gasteiger partial charge in [-0.15, -0.1) is 5.10 Å². The van der Waals surface area contributed by atoms with Crippen molar-refractivity contribution >= 4 is 5.91 Å². The summed E-state index contributed by atoms with van der Waals surface area (Å²) in [6, 6.07) is 22.2. The maximum absolute atomic E-state index is 13.1. The summed E-state index contributed by atoms with van der Waals surface area (Å²) >= 11 is 0. The molecule has 1 aliphatic rings. The van der Waals surface area contributed by atoms with Crippen LogP contribution in [0.3, 0.4) is 0 Å². The second-order valence-corrected chi connectivity index (χ2v) is 8.00. The molecule has 0 bridgehead atoms. The van der Waals surface area contributed by atoms with Gasteiger partial charge in [-0.3, -0.25) is 9.69 Å². The third-order valence-corrected chi connectivity index (χ3v) is 5.94. The van der Waals surface area contributed by atoms with Crippen molar-refractivity contribution in [1.29, 1.82) is 0 Å². The molecule has 2 aromatic heterocycles. The number of aromatic nitrogens is 3. The molecule has 0 radical (unpaired) electrons. The lowest BCUT2D eigenvalue weighted by molar-refractivity contribution is 0.0614. The summed E-state index contributed by atoms with van der Waals surface area (Å²) in [5.41, 5.74) is 4.35. The molecule has 1 aliphatic heterocycles. The Morgan fingerprint density at radius 2 is 1.62 bits per heavy atom. The average Bonchev–Trinajstić information content (AvgIpc) is 3.49. The molecule has 0 saturated carbocycles. The number of nitrogens with zero attached hydrogens (tertiary/aromatic N) is 5. The third-order valence-electron chi connectivity index (χ3n) is 5.94. The summed E-state index contributed by atoms with van der Waals surface area (Å²) in [4.78, 5) is 17.3.